The molecule has 2 N–H and O–H groups in total. The molecule has 0 radical (unpaired) electrons. The third-order valence-corrected chi connectivity index (χ3v) is 5.22. The highest BCUT2D eigenvalue weighted by Gasteiger charge is 2.27. The highest BCUT2D eigenvalue weighted by Crippen LogP contribution is 2.32. The van der Waals surface area contributed by atoms with Gasteiger partial charge in [0.05, 0.1) is 10.6 Å². The van der Waals surface area contributed by atoms with Crippen molar-refractivity contribution in [2.75, 3.05) is 5.75 Å². The molecule has 1 aromatic heterocycles. The molecule has 0 aliphatic carbocycles. The van der Waals surface area contributed by atoms with Crippen LogP contribution in [0, 0.1) is 0 Å². The van der Waals surface area contributed by atoms with Crippen molar-refractivity contribution in [3.05, 3.63) is 21.9 Å². The summed E-state index contributed by atoms with van der Waals surface area (Å²) in [5.74, 6) is -2.40. The van der Waals surface area contributed by atoms with Crippen molar-refractivity contribution < 1.29 is 19.8 Å². The van der Waals surface area contributed by atoms with Crippen molar-refractivity contribution in [3.8, 4) is 0 Å². The molecule has 1 aromatic rings. The average molecular weight is 332 g/mol. The van der Waals surface area contributed by atoms with E-state index in [2.05, 4.69) is 6.92 Å². The zero-order valence-corrected chi connectivity index (χ0v) is 13.4. The highest BCUT2D eigenvalue weighted by molar-refractivity contribution is 8.23. The van der Waals surface area contributed by atoms with Crippen molar-refractivity contribution in [1.82, 2.24) is 0 Å². The molecule has 110 valence electrons. The number of hydrogen-bond acceptors (Lipinski definition) is 5. The lowest BCUT2D eigenvalue weighted by Gasteiger charge is -2.11. The van der Waals surface area contributed by atoms with E-state index in [9.17, 15) is 14.7 Å². The minimum Gasteiger partial charge on any atom is -0.481 e. The van der Waals surface area contributed by atoms with E-state index in [0.29, 0.717) is 14.6 Å². The Kier molecular flexibility index (Phi) is 7.18. The summed E-state index contributed by atoms with van der Waals surface area (Å²) in [6, 6.07) is 1.78. The quantitative estimate of drug-likeness (QED) is 0.560. The second-order valence-corrected chi connectivity index (χ2v) is 6.90. The highest BCUT2D eigenvalue weighted by atomic mass is 32.2. The Labute approximate surface area is 131 Å². The lowest BCUT2D eigenvalue weighted by Crippen LogP contribution is -2.16. The largest absolute Gasteiger partial charge is 0.481 e. The number of aliphatic carboxylic acids is 2. The molecule has 1 atom stereocenters. The molecule has 0 aliphatic heterocycles. The molecule has 1 rings (SSSR count). The number of unbranched alkanes of at least 4 members (excludes halogenated alkanes) is 1. The summed E-state index contributed by atoms with van der Waals surface area (Å²) in [5, 5.41) is 19.8. The van der Waals surface area contributed by atoms with Gasteiger partial charge in [-0.3, -0.25) is 9.59 Å². The minimum absolute atomic E-state index is 0.426. The van der Waals surface area contributed by atoms with Gasteiger partial charge in [0.15, 0.2) is 0 Å². The van der Waals surface area contributed by atoms with Crippen molar-refractivity contribution >= 4 is 51.5 Å². The number of carbonyl (C=O) groups is 2. The molecule has 0 aliphatic rings. The van der Waals surface area contributed by atoms with Gasteiger partial charge in [-0.1, -0.05) is 25.6 Å². The standard InChI is InChI=1S/C13H16O4S3/c1-2-3-5-20-13(18)8-4-6-19-11(8)9(12(16)17)7-10(14)15/h4,6,9H,2-3,5,7H2,1H3,(H,14,15)(H,16,17). The molecule has 0 saturated heterocycles. The molecule has 0 amide bonds. The molecule has 0 saturated carbocycles. The first-order valence-corrected chi connectivity index (χ1v) is 8.43. The Morgan fingerprint density at radius 3 is 2.70 bits per heavy atom. The van der Waals surface area contributed by atoms with Crippen LogP contribution in [-0.4, -0.2) is 32.1 Å². The molecule has 0 fully saturated rings. The van der Waals surface area contributed by atoms with Gasteiger partial charge in [-0.2, -0.15) is 0 Å². The molecule has 7 heteroatoms. The topological polar surface area (TPSA) is 74.6 Å². The SMILES string of the molecule is CCCCSC(=S)c1ccsc1C(CC(=O)O)C(=O)O. The van der Waals surface area contributed by atoms with E-state index in [1.165, 1.54) is 23.1 Å². The molecule has 1 unspecified atom stereocenters. The molecule has 0 bridgehead atoms. The van der Waals surface area contributed by atoms with Gasteiger partial charge in [0.1, 0.15) is 5.92 Å². The lowest BCUT2D eigenvalue weighted by atomic mass is 10.0. The Balaban J connectivity index is 2.90. The maximum atomic E-state index is 11.3. The van der Waals surface area contributed by atoms with Crippen LogP contribution in [-0.2, 0) is 9.59 Å². The Morgan fingerprint density at radius 1 is 1.45 bits per heavy atom. The molecule has 1 heterocycles. The van der Waals surface area contributed by atoms with Crippen LogP contribution >= 0.6 is 35.3 Å². The third-order valence-electron chi connectivity index (χ3n) is 2.64. The zero-order chi connectivity index (χ0) is 15.1. The van der Waals surface area contributed by atoms with Gasteiger partial charge in [0.2, 0.25) is 0 Å². The van der Waals surface area contributed by atoms with Gasteiger partial charge in [0.25, 0.3) is 0 Å². The van der Waals surface area contributed by atoms with Gasteiger partial charge in [-0.15, -0.1) is 23.1 Å². The molecule has 20 heavy (non-hydrogen) atoms. The smallest absolute Gasteiger partial charge is 0.312 e. The molecular weight excluding hydrogens is 316 g/mol. The normalized spacial score (nSPS) is 12.1. The summed E-state index contributed by atoms with van der Waals surface area (Å²) in [5.41, 5.74) is 0.694. The maximum absolute atomic E-state index is 11.3. The van der Waals surface area contributed by atoms with Crippen molar-refractivity contribution in [1.29, 1.82) is 0 Å². The summed E-state index contributed by atoms with van der Waals surface area (Å²) in [6.07, 6.45) is 1.69. The van der Waals surface area contributed by atoms with Crippen molar-refractivity contribution in [2.24, 2.45) is 0 Å². The van der Waals surface area contributed by atoms with Gasteiger partial charge in [-0.25, -0.2) is 0 Å². The summed E-state index contributed by atoms with van der Waals surface area (Å²) in [6.45, 7) is 2.09. The van der Waals surface area contributed by atoms with Crippen LogP contribution in [0.15, 0.2) is 11.4 Å². The van der Waals surface area contributed by atoms with Gasteiger partial charge >= 0.3 is 11.9 Å². The van der Waals surface area contributed by atoms with Gasteiger partial charge < -0.3 is 10.2 Å². The number of rotatable bonds is 8. The fourth-order valence-corrected chi connectivity index (χ4v) is 4.12. The average Bonchev–Trinajstić information content (AvgIpc) is 2.84. The van der Waals surface area contributed by atoms with Crippen LogP contribution in [0.1, 0.15) is 42.5 Å². The van der Waals surface area contributed by atoms with Gasteiger partial charge in [-0.05, 0) is 23.6 Å². The number of hydrogen-bond donors (Lipinski definition) is 2. The molecule has 0 spiro atoms. The summed E-state index contributed by atoms with van der Waals surface area (Å²) >= 11 is 8.09. The van der Waals surface area contributed by atoms with Crippen molar-refractivity contribution in [2.45, 2.75) is 32.1 Å². The molecule has 0 aromatic carbocycles. The number of thiophene rings is 1. The van der Waals surface area contributed by atoms with E-state index in [-0.39, 0.29) is 0 Å². The first kappa shape index (κ1) is 17.1. The van der Waals surface area contributed by atoms with E-state index in [1.807, 2.05) is 0 Å². The van der Waals surface area contributed by atoms with Crippen LogP contribution in [0.2, 0.25) is 0 Å². The van der Waals surface area contributed by atoms with E-state index in [0.717, 1.165) is 18.6 Å². The Bertz CT molecular complexity index is 496. The monoisotopic (exact) mass is 332 g/mol. The Hall–Kier alpha value is -0.920. The lowest BCUT2D eigenvalue weighted by molar-refractivity contribution is -0.145. The number of thioether (sulfide) groups is 1. The zero-order valence-electron chi connectivity index (χ0n) is 11.0. The Morgan fingerprint density at radius 2 is 2.15 bits per heavy atom. The second kappa shape index (κ2) is 8.39. The van der Waals surface area contributed by atoms with Crippen LogP contribution in [0.3, 0.4) is 0 Å². The van der Waals surface area contributed by atoms with E-state index >= 15 is 0 Å². The van der Waals surface area contributed by atoms with E-state index in [4.69, 9.17) is 17.3 Å². The maximum Gasteiger partial charge on any atom is 0.312 e. The summed E-state index contributed by atoms with van der Waals surface area (Å²) in [4.78, 5) is 22.6. The van der Waals surface area contributed by atoms with E-state index in [1.54, 1.807) is 11.4 Å². The first-order valence-electron chi connectivity index (χ1n) is 6.16. The van der Waals surface area contributed by atoms with Crippen LogP contribution in [0.5, 0.6) is 0 Å². The molecule has 4 nitrogen and oxygen atoms in total. The van der Waals surface area contributed by atoms with Crippen LogP contribution in [0.4, 0.5) is 0 Å². The van der Waals surface area contributed by atoms with Crippen molar-refractivity contribution in [3.63, 3.8) is 0 Å². The minimum atomic E-state index is -1.13. The predicted molar refractivity (Wildman–Crippen MR) is 86.0 cm³/mol. The fourth-order valence-electron chi connectivity index (χ4n) is 1.61. The number of thiocarbonyl (C=S) groups is 1. The first-order chi connectivity index (χ1) is 9.47. The predicted octanol–water partition coefficient (Wildman–Crippen LogP) is 3.60. The van der Waals surface area contributed by atoms with Crippen LogP contribution < -0.4 is 0 Å². The summed E-state index contributed by atoms with van der Waals surface area (Å²) in [7, 11) is 0. The summed E-state index contributed by atoms with van der Waals surface area (Å²) < 4.78 is 0.645. The van der Waals surface area contributed by atoms with Gasteiger partial charge in [0, 0.05) is 10.4 Å². The second-order valence-electron chi connectivity index (χ2n) is 4.18. The number of carboxylic acids is 2. The third kappa shape index (κ3) is 4.88. The molecular formula is C13H16O4S3. The number of carboxylic acid groups (broad SMARTS) is 2. The van der Waals surface area contributed by atoms with Crippen LogP contribution in [0.25, 0.3) is 0 Å². The fraction of sp³-hybridized carbons (Fsp3) is 0.462. The van der Waals surface area contributed by atoms with E-state index < -0.39 is 24.3 Å².